The van der Waals surface area contributed by atoms with E-state index >= 15 is 0 Å². The molecule has 0 radical (unpaired) electrons. The molecule has 1 aromatic carbocycles. The second kappa shape index (κ2) is 7.04. The molecule has 5 nitrogen and oxygen atoms in total. The monoisotopic (exact) mass is 318 g/mol. The maximum Gasteiger partial charge on any atom is 0.305 e. The van der Waals surface area contributed by atoms with Crippen molar-refractivity contribution >= 4 is 23.5 Å². The lowest BCUT2D eigenvalue weighted by Gasteiger charge is -2.19. The van der Waals surface area contributed by atoms with Crippen molar-refractivity contribution in [3.63, 3.8) is 0 Å². The molecule has 114 valence electrons. The number of nitrogens with zero attached hydrogens (tertiary/aromatic N) is 1. The number of pyridine rings is 1. The first kappa shape index (κ1) is 16.0. The summed E-state index contributed by atoms with van der Waals surface area (Å²) in [5.74, 6) is -1.37. The third kappa shape index (κ3) is 4.05. The molecule has 0 fully saturated rings. The Morgan fingerprint density at radius 1 is 1.32 bits per heavy atom. The normalized spacial score (nSPS) is 11.7. The molecule has 1 unspecified atom stereocenters. The van der Waals surface area contributed by atoms with E-state index in [-0.39, 0.29) is 17.5 Å². The van der Waals surface area contributed by atoms with Crippen molar-refractivity contribution in [2.75, 3.05) is 0 Å². The van der Waals surface area contributed by atoms with Gasteiger partial charge in [0.05, 0.1) is 12.5 Å². The van der Waals surface area contributed by atoms with Crippen LogP contribution in [0.3, 0.4) is 0 Å². The number of aromatic nitrogens is 1. The van der Waals surface area contributed by atoms with E-state index in [2.05, 4.69) is 10.3 Å². The summed E-state index contributed by atoms with van der Waals surface area (Å²) in [6.07, 6.45) is 1.23. The van der Waals surface area contributed by atoms with Gasteiger partial charge in [0.15, 0.2) is 0 Å². The Kier molecular flexibility index (Phi) is 5.12. The second-order valence-corrected chi connectivity index (χ2v) is 5.23. The number of aryl methyl sites for hydroxylation is 1. The van der Waals surface area contributed by atoms with Crippen molar-refractivity contribution in [2.24, 2.45) is 0 Å². The van der Waals surface area contributed by atoms with Gasteiger partial charge in [0, 0.05) is 11.8 Å². The van der Waals surface area contributed by atoms with Crippen LogP contribution < -0.4 is 5.32 Å². The quantitative estimate of drug-likeness (QED) is 0.831. The van der Waals surface area contributed by atoms with Crippen LogP contribution in [0.2, 0.25) is 5.15 Å². The first-order valence-corrected chi connectivity index (χ1v) is 7.05. The number of carbonyl (C=O) groups excluding carboxylic acids is 1. The van der Waals surface area contributed by atoms with Gasteiger partial charge < -0.3 is 10.4 Å². The van der Waals surface area contributed by atoms with E-state index in [4.69, 9.17) is 16.7 Å². The molecule has 2 rings (SSSR count). The maximum absolute atomic E-state index is 12.3. The smallest absolute Gasteiger partial charge is 0.305 e. The predicted molar refractivity (Wildman–Crippen MR) is 82.9 cm³/mol. The standard InChI is InChI=1S/C16H15ClN2O3/c1-10-4-2-3-5-12(10)13(9-15(20)21)19-16(22)11-6-7-18-14(17)8-11/h2-8,13H,9H2,1H3,(H,19,22)(H,20,21). The minimum atomic E-state index is -0.985. The third-order valence-corrected chi connectivity index (χ3v) is 3.44. The molecule has 0 aliphatic rings. The Balaban J connectivity index is 2.25. The molecular weight excluding hydrogens is 304 g/mol. The summed E-state index contributed by atoms with van der Waals surface area (Å²) in [7, 11) is 0. The van der Waals surface area contributed by atoms with E-state index in [9.17, 15) is 9.59 Å². The first-order valence-electron chi connectivity index (χ1n) is 6.67. The van der Waals surface area contributed by atoms with Crippen LogP contribution in [0.4, 0.5) is 0 Å². The maximum atomic E-state index is 12.3. The van der Waals surface area contributed by atoms with Gasteiger partial charge >= 0.3 is 5.97 Å². The molecule has 0 bridgehead atoms. The van der Waals surface area contributed by atoms with Gasteiger partial charge in [-0.25, -0.2) is 4.98 Å². The molecule has 22 heavy (non-hydrogen) atoms. The van der Waals surface area contributed by atoms with Crippen LogP contribution in [0.25, 0.3) is 0 Å². The fourth-order valence-electron chi connectivity index (χ4n) is 2.18. The summed E-state index contributed by atoms with van der Waals surface area (Å²) in [5.41, 5.74) is 2.03. The summed E-state index contributed by atoms with van der Waals surface area (Å²) in [5, 5.41) is 12.0. The van der Waals surface area contributed by atoms with Crippen LogP contribution in [-0.4, -0.2) is 22.0 Å². The van der Waals surface area contributed by atoms with E-state index in [0.717, 1.165) is 11.1 Å². The molecule has 1 amide bonds. The summed E-state index contributed by atoms with van der Waals surface area (Å²) in [6.45, 7) is 1.87. The molecule has 0 aliphatic heterocycles. The predicted octanol–water partition coefficient (Wildman–Crippen LogP) is 2.99. The lowest BCUT2D eigenvalue weighted by Crippen LogP contribution is -2.30. The SMILES string of the molecule is Cc1ccccc1C(CC(=O)O)NC(=O)c1ccnc(Cl)c1. The largest absolute Gasteiger partial charge is 0.481 e. The van der Waals surface area contributed by atoms with Gasteiger partial charge in [-0.05, 0) is 30.2 Å². The average molecular weight is 319 g/mol. The van der Waals surface area contributed by atoms with Crippen LogP contribution in [0.15, 0.2) is 42.6 Å². The molecule has 1 atom stereocenters. The van der Waals surface area contributed by atoms with Crippen molar-refractivity contribution < 1.29 is 14.7 Å². The molecule has 2 N–H and O–H groups in total. The van der Waals surface area contributed by atoms with Crippen molar-refractivity contribution in [1.82, 2.24) is 10.3 Å². The Bertz CT molecular complexity index is 703. The molecule has 0 saturated carbocycles. The summed E-state index contributed by atoms with van der Waals surface area (Å²) in [4.78, 5) is 27.2. The number of aliphatic carboxylic acids is 1. The number of halogens is 1. The van der Waals surface area contributed by atoms with Crippen molar-refractivity contribution in [3.05, 3.63) is 64.4 Å². The topological polar surface area (TPSA) is 79.3 Å². The van der Waals surface area contributed by atoms with Gasteiger partial charge in [-0.1, -0.05) is 35.9 Å². The van der Waals surface area contributed by atoms with Gasteiger partial charge in [0.2, 0.25) is 0 Å². The zero-order valence-electron chi connectivity index (χ0n) is 11.9. The molecule has 0 aliphatic carbocycles. The highest BCUT2D eigenvalue weighted by Gasteiger charge is 2.20. The number of amides is 1. The van der Waals surface area contributed by atoms with Crippen LogP contribution in [0.5, 0.6) is 0 Å². The number of carbonyl (C=O) groups is 2. The molecule has 1 aromatic heterocycles. The third-order valence-electron chi connectivity index (χ3n) is 3.24. The lowest BCUT2D eigenvalue weighted by atomic mass is 9.98. The summed E-state index contributed by atoms with van der Waals surface area (Å²) >= 11 is 5.77. The number of hydrogen-bond acceptors (Lipinski definition) is 3. The average Bonchev–Trinajstić information content (AvgIpc) is 2.46. The fraction of sp³-hybridized carbons (Fsp3) is 0.188. The molecule has 0 spiro atoms. The highest BCUT2D eigenvalue weighted by molar-refractivity contribution is 6.29. The van der Waals surface area contributed by atoms with Crippen LogP contribution >= 0.6 is 11.6 Å². The number of benzene rings is 1. The van der Waals surface area contributed by atoms with Gasteiger partial charge in [-0.2, -0.15) is 0 Å². The van der Waals surface area contributed by atoms with Gasteiger partial charge in [0.25, 0.3) is 5.91 Å². The number of hydrogen-bond donors (Lipinski definition) is 2. The van der Waals surface area contributed by atoms with Crippen LogP contribution in [0, 0.1) is 6.92 Å². The van der Waals surface area contributed by atoms with Crippen molar-refractivity contribution in [1.29, 1.82) is 0 Å². The minimum absolute atomic E-state index is 0.199. The van der Waals surface area contributed by atoms with E-state index in [1.165, 1.54) is 18.3 Å². The van der Waals surface area contributed by atoms with Gasteiger partial charge in [-0.3, -0.25) is 9.59 Å². The molecule has 2 aromatic rings. The summed E-state index contributed by atoms with van der Waals surface area (Å²) < 4.78 is 0. The Labute approximate surface area is 133 Å². The fourth-order valence-corrected chi connectivity index (χ4v) is 2.35. The first-order chi connectivity index (χ1) is 10.5. The Hall–Kier alpha value is -2.40. The summed E-state index contributed by atoms with van der Waals surface area (Å²) in [6, 6.07) is 9.71. The minimum Gasteiger partial charge on any atom is -0.481 e. The van der Waals surface area contributed by atoms with E-state index in [0.29, 0.717) is 5.56 Å². The zero-order valence-corrected chi connectivity index (χ0v) is 12.7. The number of carboxylic acid groups (broad SMARTS) is 1. The van der Waals surface area contributed by atoms with E-state index in [1.54, 1.807) is 0 Å². The van der Waals surface area contributed by atoms with Gasteiger partial charge in [-0.15, -0.1) is 0 Å². The molecular formula is C16H15ClN2O3. The van der Waals surface area contributed by atoms with Gasteiger partial charge in [0.1, 0.15) is 5.15 Å². The molecule has 0 saturated heterocycles. The zero-order chi connectivity index (χ0) is 16.1. The van der Waals surface area contributed by atoms with E-state index in [1.807, 2.05) is 31.2 Å². The number of rotatable bonds is 5. The van der Waals surface area contributed by atoms with Crippen LogP contribution in [0.1, 0.15) is 33.9 Å². The number of carboxylic acids is 1. The highest BCUT2D eigenvalue weighted by Crippen LogP contribution is 2.21. The lowest BCUT2D eigenvalue weighted by molar-refractivity contribution is -0.137. The molecule has 6 heteroatoms. The van der Waals surface area contributed by atoms with Crippen molar-refractivity contribution in [2.45, 2.75) is 19.4 Å². The second-order valence-electron chi connectivity index (χ2n) is 4.85. The highest BCUT2D eigenvalue weighted by atomic mass is 35.5. The Morgan fingerprint density at radius 2 is 2.05 bits per heavy atom. The van der Waals surface area contributed by atoms with E-state index < -0.39 is 12.0 Å². The molecule has 1 heterocycles. The Morgan fingerprint density at radius 3 is 2.68 bits per heavy atom. The van der Waals surface area contributed by atoms with Crippen molar-refractivity contribution in [3.8, 4) is 0 Å². The van der Waals surface area contributed by atoms with Crippen LogP contribution in [-0.2, 0) is 4.79 Å². The number of nitrogens with one attached hydrogen (secondary N) is 1.